The Hall–Kier alpha value is -1.26. The van der Waals surface area contributed by atoms with E-state index >= 15 is 0 Å². The highest BCUT2D eigenvalue weighted by molar-refractivity contribution is 9.10. The van der Waals surface area contributed by atoms with Gasteiger partial charge >= 0.3 is 0 Å². The minimum absolute atomic E-state index is 0.272. The van der Waals surface area contributed by atoms with Crippen molar-refractivity contribution >= 4 is 15.9 Å². The van der Waals surface area contributed by atoms with Crippen LogP contribution in [0.4, 0.5) is 4.39 Å². The van der Waals surface area contributed by atoms with Crippen LogP contribution in [-0.4, -0.2) is 4.98 Å². The molecule has 0 aliphatic rings. The smallest absolute Gasteiger partial charge is 0.142 e. The molecule has 0 saturated carbocycles. The Morgan fingerprint density at radius 3 is 2.78 bits per heavy atom. The van der Waals surface area contributed by atoms with Crippen LogP contribution >= 0.6 is 15.9 Å². The van der Waals surface area contributed by atoms with Crippen LogP contribution in [0, 0.1) is 5.82 Å². The maximum absolute atomic E-state index is 13.8. The number of halogens is 2. The Kier molecular flexibility index (Phi) is 4.44. The zero-order valence-corrected chi connectivity index (χ0v) is 11.4. The molecular weight excluding hydrogens is 295 g/mol. The lowest BCUT2D eigenvalue weighted by Gasteiger charge is -2.13. The summed E-state index contributed by atoms with van der Waals surface area (Å²) in [5.41, 5.74) is 7.54. The molecule has 0 aliphatic heterocycles. The van der Waals surface area contributed by atoms with Crippen LogP contribution in [0.25, 0.3) is 0 Å². The van der Waals surface area contributed by atoms with Gasteiger partial charge in [0.05, 0.1) is 4.47 Å². The number of aryl methyl sites for hydroxylation is 1. The first kappa shape index (κ1) is 13.2. The summed E-state index contributed by atoms with van der Waals surface area (Å²) in [5.74, 6) is -0.272. The van der Waals surface area contributed by atoms with E-state index in [-0.39, 0.29) is 11.9 Å². The maximum Gasteiger partial charge on any atom is 0.142 e. The van der Waals surface area contributed by atoms with E-state index in [2.05, 4.69) is 20.9 Å². The molecule has 1 atom stereocenters. The molecule has 0 bridgehead atoms. The third kappa shape index (κ3) is 3.15. The summed E-state index contributed by atoms with van der Waals surface area (Å²) in [4.78, 5) is 4.23. The second-order valence-corrected chi connectivity index (χ2v) is 4.96. The fourth-order valence-electron chi connectivity index (χ4n) is 1.81. The van der Waals surface area contributed by atoms with Crippen LogP contribution in [0.2, 0.25) is 0 Å². The summed E-state index contributed by atoms with van der Waals surface area (Å²) in [6, 6.07) is 10.6. The van der Waals surface area contributed by atoms with Gasteiger partial charge in [-0.3, -0.25) is 4.98 Å². The van der Waals surface area contributed by atoms with Gasteiger partial charge < -0.3 is 5.73 Å². The maximum atomic E-state index is 13.8. The average Bonchev–Trinajstić information content (AvgIpc) is 2.40. The van der Waals surface area contributed by atoms with Crippen LogP contribution in [0.1, 0.15) is 23.7 Å². The van der Waals surface area contributed by atoms with Gasteiger partial charge in [-0.2, -0.15) is 0 Å². The number of pyridine rings is 1. The molecule has 2 nitrogen and oxygen atoms in total. The van der Waals surface area contributed by atoms with E-state index in [4.69, 9.17) is 5.73 Å². The van der Waals surface area contributed by atoms with Crippen LogP contribution < -0.4 is 5.73 Å². The van der Waals surface area contributed by atoms with Gasteiger partial charge in [0.15, 0.2) is 0 Å². The molecular formula is C14H14BrFN2. The van der Waals surface area contributed by atoms with Gasteiger partial charge in [-0.1, -0.05) is 18.2 Å². The first-order valence-electron chi connectivity index (χ1n) is 5.78. The van der Waals surface area contributed by atoms with Gasteiger partial charge in [0.2, 0.25) is 0 Å². The Morgan fingerprint density at radius 2 is 2.06 bits per heavy atom. The minimum atomic E-state index is -0.315. The Morgan fingerprint density at radius 1 is 1.22 bits per heavy atom. The molecule has 0 saturated heterocycles. The monoisotopic (exact) mass is 308 g/mol. The van der Waals surface area contributed by atoms with Gasteiger partial charge in [0.1, 0.15) is 5.82 Å². The molecule has 1 heterocycles. The lowest BCUT2D eigenvalue weighted by atomic mass is 10.0. The predicted molar refractivity (Wildman–Crippen MR) is 73.6 cm³/mol. The number of nitrogens with two attached hydrogens (primary N) is 1. The van der Waals surface area contributed by atoms with Crippen molar-refractivity contribution < 1.29 is 4.39 Å². The lowest BCUT2D eigenvalue weighted by Crippen LogP contribution is -2.13. The number of hydrogen-bond donors (Lipinski definition) is 1. The van der Waals surface area contributed by atoms with Crippen molar-refractivity contribution in [2.45, 2.75) is 18.9 Å². The second kappa shape index (κ2) is 6.07. The van der Waals surface area contributed by atoms with Crippen LogP contribution in [0.3, 0.4) is 0 Å². The molecule has 2 aromatic rings. The molecule has 2 N–H and O–H groups in total. The fraction of sp³-hybridized carbons (Fsp3) is 0.214. The molecule has 0 radical (unpaired) electrons. The van der Waals surface area contributed by atoms with E-state index < -0.39 is 0 Å². The van der Waals surface area contributed by atoms with Crippen molar-refractivity contribution in [2.75, 3.05) is 0 Å². The topological polar surface area (TPSA) is 38.9 Å². The molecule has 4 heteroatoms. The molecule has 94 valence electrons. The Balaban J connectivity index is 2.04. The predicted octanol–water partition coefficient (Wildman–Crippen LogP) is 3.62. The fourth-order valence-corrected chi connectivity index (χ4v) is 2.19. The summed E-state index contributed by atoms with van der Waals surface area (Å²) in [5, 5.41) is 0. The van der Waals surface area contributed by atoms with Crippen molar-refractivity contribution in [3.05, 3.63) is 64.1 Å². The van der Waals surface area contributed by atoms with Crippen molar-refractivity contribution in [1.82, 2.24) is 4.98 Å². The highest BCUT2D eigenvalue weighted by atomic mass is 79.9. The third-order valence-electron chi connectivity index (χ3n) is 2.82. The van der Waals surface area contributed by atoms with E-state index in [0.717, 1.165) is 12.1 Å². The first-order chi connectivity index (χ1) is 8.68. The number of nitrogens with zero attached hydrogens (tertiary/aromatic N) is 1. The highest BCUT2D eigenvalue weighted by Crippen LogP contribution is 2.24. The first-order valence-corrected chi connectivity index (χ1v) is 6.57. The van der Waals surface area contributed by atoms with E-state index in [1.165, 1.54) is 0 Å². The molecule has 0 aliphatic carbocycles. The van der Waals surface area contributed by atoms with Gasteiger partial charge in [-0.25, -0.2) is 4.39 Å². The van der Waals surface area contributed by atoms with Crippen LogP contribution in [0.5, 0.6) is 0 Å². The largest absolute Gasteiger partial charge is 0.324 e. The van der Waals surface area contributed by atoms with Crippen LogP contribution in [0.15, 0.2) is 47.1 Å². The summed E-state index contributed by atoms with van der Waals surface area (Å²) in [6.07, 6.45) is 3.17. The summed E-state index contributed by atoms with van der Waals surface area (Å²) >= 11 is 3.17. The van der Waals surface area contributed by atoms with E-state index in [0.29, 0.717) is 16.5 Å². The third-order valence-corrected chi connectivity index (χ3v) is 3.43. The van der Waals surface area contributed by atoms with Crippen molar-refractivity contribution in [3.8, 4) is 0 Å². The van der Waals surface area contributed by atoms with Gasteiger partial charge in [-0.15, -0.1) is 0 Å². The summed E-state index contributed by atoms with van der Waals surface area (Å²) < 4.78 is 14.3. The quantitative estimate of drug-likeness (QED) is 0.937. The standard InChI is InChI=1S/C14H14BrFN2/c15-12-6-3-5-11(14(12)16)13(17)8-7-10-4-1-2-9-18-10/h1-6,9,13H,7-8,17H2. The molecule has 2 rings (SSSR count). The molecule has 1 unspecified atom stereocenters. The van der Waals surface area contributed by atoms with Crippen LogP contribution in [-0.2, 0) is 6.42 Å². The SMILES string of the molecule is NC(CCc1ccccn1)c1cccc(Br)c1F. The highest BCUT2D eigenvalue weighted by Gasteiger charge is 2.13. The molecule has 0 spiro atoms. The van der Waals surface area contributed by atoms with Crippen molar-refractivity contribution in [1.29, 1.82) is 0 Å². The summed E-state index contributed by atoms with van der Waals surface area (Å²) in [7, 11) is 0. The van der Waals surface area contributed by atoms with Gasteiger partial charge in [0, 0.05) is 23.5 Å². The number of rotatable bonds is 4. The molecule has 18 heavy (non-hydrogen) atoms. The average molecular weight is 309 g/mol. The van der Waals surface area contributed by atoms with Crippen molar-refractivity contribution in [2.24, 2.45) is 5.73 Å². The molecule has 1 aromatic heterocycles. The Bertz CT molecular complexity index is 516. The van der Waals surface area contributed by atoms with E-state index in [1.807, 2.05) is 18.2 Å². The molecule has 0 fully saturated rings. The zero-order chi connectivity index (χ0) is 13.0. The minimum Gasteiger partial charge on any atom is -0.324 e. The van der Waals surface area contributed by atoms with E-state index in [1.54, 1.807) is 24.4 Å². The molecule has 1 aromatic carbocycles. The number of benzene rings is 1. The second-order valence-electron chi connectivity index (χ2n) is 4.11. The van der Waals surface area contributed by atoms with E-state index in [9.17, 15) is 4.39 Å². The number of aromatic nitrogens is 1. The van der Waals surface area contributed by atoms with Crippen molar-refractivity contribution in [3.63, 3.8) is 0 Å². The summed E-state index contributed by atoms with van der Waals surface area (Å²) in [6.45, 7) is 0. The normalized spacial score (nSPS) is 12.4. The number of hydrogen-bond acceptors (Lipinski definition) is 2. The van der Waals surface area contributed by atoms with Gasteiger partial charge in [-0.05, 0) is 47.0 Å². The lowest BCUT2D eigenvalue weighted by molar-refractivity contribution is 0.557. The zero-order valence-electron chi connectivity index (χ0n) is 9.81. The molecule has 0 amide bonds. The van der Waals surface area contributed by atoms with Gasteiger partial charge in [0.25, 0.3) is 0 Å². The Labute approximate surface area is 114 Å².